The topological polar surface area (TPSA) is 70.7 Å². The second kappa shape index (κ2) is 5.41. The first kappa shape index (κ1) is 12.9. The van der Waals surface area contributed by atoms with Crippen LogP contribution in [-0.2, 0) is 6.54 Å². The minimum atomic E-state index is -0.0710. The van der Waals surface area contributed by atoms with Crippen molar-refractivity contribution in [2.24, 2.45) is 0 Å². The average molecular weight is 264 g/mol. The lowest BCUT2D eigenvalue weighted by atomic mass is 10.1. The van der Waals surface area contributed by atoms with E-state index < -0.39 is 0 Å². The van der Waals surface area contributed by atoms with E-state index in [1.807, 2.05) is 19.2 Å². The van der Waals surface area contributed by atoms with Crippen LogP contribution in [0, 0.1) is 13.8 Å². The van der Waals surface area contributed by atoms with Gasteiger partial charge >= 0.3 is 0 Å². The van der Waals surface area contributed by atoms with Crippen LogP contribution in [0.1, 0.15) is 35.7 Å². The van der Waals surface area contributed by atoms with Crippen molar-refractivity contribution in [2.45, 2.75) is 33.4 Å². The fourth-order valence-electron chi connectivity index (χ4n) is 1.93. The monoisotopic (exact) mass is 264 g/mol. The van der Waals surface area contributed by atoms with Gasteiger partial charge in [-0.2, -0.15) is 0 Å². The van der Waals surface area contributed by atoms with E-state index in [-0.39, 0.29) is 11.6 Å². The summed E-state index contributed by atoms with van der Waals surface area (Å²) >= 11 is 1.56. The molecule has 0 saturated heterocycles. The molecule has 0 radical (unpaired) electrons. The Hall–Kier alpha value is -1.53. The first-order chi connectivity index (χ1) is 8.58. The maximum atomic E-state index is 11.9. The molecule has 0 aliphatic rings. The maximum Gasteiger partial charge on any atom is 0.255 e. The fraction of sp³-hybridized carbons (Fsp3) is 0.417. The van der Waals surface area contributed by atoms with E-state index in [2.05, 4.69) is 20.3 Å². The number of aromatic amines is 1. The second-order valence-electron chi connectivity index (χ2n) is 4.23. The van der Waals surface area contributed by atoms with Crippen LogP contribution in [0.15, 0.2) is 15.7 Å². The normalized spacial score (nSPS) is 12.6. The van der Waals surface area contributed by atoms with Crippen molar-refractivity contribution in [3.05, 3.63) is 44.0 Å². The smallest absolute Gasteiger partial charge is 0.255 e. The third-order valence-electron chi connectivity index (χ3n) is 2.77. The van der Waals surface area contributed by atoms with Gasteiger partial charge in [-0.05, 0) is 20.8 Å². The van der Waals surface area contributed by atoms with Crippen molar-refractivity contribution in [3.8, 4) is 0 Å². The Bertz CT molecular complexity index is 576. The Morgan fingerprint density at radius 2 is 2.28 bits per heavy atom. The van der Waals surface area contributed by atoms with Gasteiger partial charge in [-0.25, -0.2) is 9.97 Å². The Labute approximate surface area is 109 Å². The van der Waals surface area contributed by atoms with Gasteiger partial charge in [-0.1, -0.05) is 0 Å². The summed E-state index contributed by atoms with van der Waals surface area (Å²) in [7, 11) is 0. The number of nitrogens with one attached hydrogen (secondary N) is 2. The molecule has 0 amide bonds. The highest BCUT2D eigenvalue weighted by Gasteiger charge is 2.14. The molecule has 0 fully saturated rings. The summed E-state index contributed by atoms with van der Waals surface area (Å²) in [5.74, 6) is 0.646. The van der Waals surface area contributed by atoms with E-state index in [4.69, 9.17) is 0 Å². The van der Waals surface area contributed by atoms with Crippen LogP contribution in [0.3, 0.4) is 0 Å². The van der Waals surface area contributed by atoms with Gasteiger partial charge in [0.2, 0.25) is 0 Å². The molecule has 1 atom stereocenters. The molecule has 2 rings (SSSR count). The zero-order valence-corrected chi connectivity index (χ0v) is 11.5. The number of H-pyrrole nitrogens is 1. The Kier molecular flexibility index (Phi) is 3.88. The molecule has 0 bridgehead atoms. The number of hydrogen-bond donors (Lipinski definition) is 2. The quantitative estimate of drug-likeness (QED) is 0.881. The van der Waals surface area contributed by atoms with E-state index in [1.54, 1.807) is 23.8 Å². The van der Waals surface area contributed by atoms with Gasteiger partial charge in [0.1, 0.15) is 5.82 Å². The lowest BCUT2D eigenvalue weighted by molar-refractivity contribution is 0.557. The van der Waals surface area contributed by atoms with Gasteiger partial charge in [-0.3, -0.25) is 4.79 Å². The molecule has 1 unspecified atom stereocenters. The number of aryl methyl sites for hydroxylation is 2. The minimum absolute atomic E-state index is 0.0523. The van der Waals surface area contributed by atoms with Crippen molar-refractivity contribution >= 4 is 11.3 Å². The lowest BCUT2D eigenvalue weighted by Crippen LogP contribution is -2.27. The molecule has 2 heterocycles. The maximum absolute atomic E-state index is 11.9. The van der Waals surface area contributed by atoms with Gasteiger partial charge < -0.3 is 10.3 Å². The highest BCUT2D eigenvalue weighted by Crippen LogP contribution is 2.12. The van der Waals surface area contributed by atoms with Crippen LogP contribution in [0.25, 0.3) is 0 Å². The number of thiazole rings is 1. The molecule has 0 saturated carbocycles. The van der Waals surface area contributed by atoms with E-state index in [0.29, 0.717) is 17.9 Å². The van der Waals surface area contributed by atoms with E-state index in [9.17, 15) is 4.79 Å². The molecule has 2 aromatic heterocycles. The van der Waals surface area contributed by atoms with Gasteiger partial charge in [0.15, 0.2) is 0 Å². The van der Waals surface area contributed by atoms with E-state index >= 15 is 0 Å². The van der Waals surface area contributed by atoms with E-state index in [0.717, 1.165) is 11.4 Å². The number of rotatable bonds is 4. The van der Waals surface area contributed by atoms with Gasteiger partial charge in [-0.15, -0.1) is 11.3 Å². The van der Waals surface area contributed by atoms with Crippen LogP contribution in [-0.4, -0.2) is 15.0 Å². The average Bonchev–Trinajstić information content (AvgIpc) is 2.77. The second-order valence-corrected chi connectivity index (χ2v) is 4.95. The lowest BCUT2D eigenvalue weighted by Gasteiger charge is -2.14. The SMILES string of the molecule is Cc1nc(C)c(C(C)NCc2cscn2)c(=O)[nH]1. The molecule has 0 aliphatic heterocycles. The third kappa shape index (κ3) is 2.83. The van der Waals surface area contributed by atoms with Crippen molar-refractivity contribution in [3.63, 3.8) is 0 Å². The number of aromatic nitrogens is 3. The molecule has 0 aromatic carbocycles. The highest BCUT2D eigenvalue weighted by molar-refractivity contribution is 7.07. The van der Waals surface area contributed by atoms with Crippen LogP contribution in [0.5, 0.6) is 0 Å². The van der Waals surface area contributed by atoms with Crippen LogP contribution < -0.4 is 10.9 Å². The van der Waals surface area contributed by atoms with Crippen molar-refractivity contribution in [1.29, 1.82) is 0 Å². The molecule has 2 N–H and O–H groups in total. The van der Waals surface area contributed by atoms with Gasteiger partial charge in [0.25, 0.3) is 5.56 Å². The van der Waals surface area contributed by atoms with Crippen LogP contribution in [0.4, 0.5) is 0 Å². The predicted molar refractivity (Wildman–Crippen MR) is 71.7 cm³/mol. The van der Waals surface area contributed by atoms with Gasteiger partial charge in [0.05, 0.1) is 16.8 Å². The molecule has 18 heavy (non-hydrogen) atoms. The summed E-state index contributed by atoms with van der Waals surface area (Å²) in [5, 5.41) is 5.28. The molecular weight excluding hydrogens is 248 g/mol. The van der Waals surface area contributed by atoms with Crippen molar-refractivity contribution in [2.75, 3.05) is 0 Å². The molecule has 2 aromatic rings. The molecule has 6 heteroatoms. The number of hydrogen-bond acceptors (Lipinski definition) is 5. The Balaban J connectivity index is 2.14. The van der Waals surface area contributed by atoms with Gasteiger partial charge in [0, 0.05) is 23.7 Å². The summed E-state index contributed by atoms with van der Waals surface area (Å²) in [4.78, 5) is 23.1. The summed E-state index contributed by atoms with van der Waals surface area (Å²) in [6.07, 6.45) is 0. The van der Waals surface area contributed by atoms with Crippen molar-refractivity contribution < 1.29 is 0 Å². The largest absolute Gasteiger partial charge is 0.310 e. The standard InChI is InChI=1S/C12H16N4OS/c1-7(13-4-10-5-18-6-14-10)11-8(2)15-9(3)16-12(11)17/h5-7,13H,4H2,1-3H3,(H,15,16,17). The highest BCUT2D eigenvalue weighted by atomic mass is 32.1. The molecule has 0 aliphatic carbocycles. The summed E-state index contributed by atoms with van der Waals surface area (Å²) in [6, 6.07) is -0.0523. The summed E-state index contributed by atoms with van der Waals surface area (Å²) < 4.78 is 0. The van der Waals surface area contributed by atoms with E-state index in [1.165, 1.54) is 0 Å². The Morgan fingerprint density at radius 3 is 2.89 bits per heavy atom. The molecule has 96 valence electrons. The predicted octanol–water partition coefficient (Wildman–Crippen LogP) is 1.69. The first-order valence-electron chi connectivity index (χ1n) is 5.76. The van der Waals surface area contributed by atoms with Crippen LogP contribution >= 0.6 is 11.3 Å². The molecular formula is C12H16N4OS. The summed E-state index contributed by atoms with van der Waals surface area (Å²) in [5.41, 5.74) is 4.18. The zero-order chi connectivity index (χ0) is 13.1. The molecule has 0 spiro atoms. The first-order valence-corrected chi connectivity index (χ1v) is 6.70. The zero-order valence-electron chi connectivity index (χ0n) is 10.7. The third-order valence-corrected chi connectivity index (χ3v) is 3.41. The van der Waals surface area contributed by atoms with Crippen LogP contribution in [0.2, 0.25) is 0 Å². The number of nitrogens with zero attached hydrogens (tertiary/aromatic N) is 2. The minimum Gasteiger partial charge on any atom is -0.310 e. The van der Waals surface area contributed by atoms with Crippen molar-refractivity contribution in [1.82, 2.24) is 20.3 Å². The fourth-order valence-corrected chi connectivity index (χ4v) is 2.49. The Morgan fingerprint density at radius 1 is 1.50 bits per heavy atom. The molecule has 5 nitrogen and oxygen atoms in total. The summed E-state index contributed by atoms with van der Waals surface area (Å²) in [6.45, 7) is 6.25.